The van der Waals surface area contributed by atoms with Crippen molar-refractivity contribution in [2.24, 2.45) is 0 Å². The van der Waals surface area contributed by atoms with Crippen LogP contribution in [-0.2, 0) is 6.54 Å². The second-order valence-electron chi connectivity index (χ2n) is 5.67. The molecule has 2 heterocycles. The van der Waals surface area contributed by atoms with E-state index in [0.29, 0.717) is 12.6 Å². The van der Waals surface area contributed by atoms with E-state index in [1.54, 1.807) is 6.20 Å². The zero-order valence-corrected chi connectivity index (χ0v) is 13.5. The van der Waals surface area contributed by atoms with Gasteiger partial charge in [0.1, 0.15) is 0 Å². The van der Waals surface area contributed by atoms with Crippen LogP contribution < -0.4 is 5.32 Å². The third kappa shape index (κ3) is 3.44. The van der Waals surface area contributed by atoms with Gasteiger partial charge in [-0.05, 0) is 50.5 Å². The molecule has 22 heavy (non-hydrogen) atoms. The summed E-state index contributed by atoms with van der Waals surface area (Å²) >= 11 is 1.21. The minimum Gasteiger partial charge on any atom is -0.379 e. The van der Waals surface area contributed by atoms with E-state index in [0.717, 1.165) is 36.3 Å². The van der Waals surface area contributed by atoms with Crippen LogP contribution in [-0.4, -0.2) is 32.1 Å². The largest absolute Gasteiger partial charge is 0.379 e. The first-order valence-corrected chi connectivity index (χ1v) is 8.38. The van der Waals surface area contributed by atoms with Crippen molar-refractivity contribution in [1.29, 1.82) is 0 Å². The molecule has 2 aromatic rings. The van der Waals surface area contributed by atoms with Crippen LogP contribution in [0.2, 0.25) is 0 Å². The lowest BCUT2D eigenvalue weighted by molar-refractivity contribution is 0.0635. The predicted molar refractivity (Wildman–Crippen MR) is 88.0 cm³/mol. The van der Waals surface area contributed by atoms with Crippen LogP contribution in [0.3, 0.4) is 0 Å². The fourth-order valence-electron chi connectivity index (χ4n) is 2.75. The van der Waals surface area contributed by atoms with Crippen LogP contribution in [0.5, 0.6) is 0 Å². The number of likely N-dealkylation sites (tertiary alicyclic amines) is 1. The summed E-state index contributed by atoms with van der Waals surface area (Å²) in [5, 5.41) is 3.28. The fourth-order valence-corrected chi connectivity index (χ4v) is 3.18. The van der Waals surface area contributed by atoms with Crippen molar-refractivity contribution in [3.8, 4) is 0 Å². The first-order valence-electron chi connectivity index (χ1n) is 7.65. The minimum atomic E-state index is 0.141. The van der Waals surface area contributed by atoms with Gasteiger partial charge in [0.25, 0.3) is 5.91 Å². The maximum absolute atomic E-state index is 12.6. The summed E-state index contributed by atoms with van der Waals surface area (Å²) in [5.74, 6) is 0.141. The highest BCUT2D eigenvalue weighted by atomic mass is 32.1. The van der Waals surface area contributed by atoms with Gasteiger partial charge in [0, 0.05) is 23.8 Å². The highest BCUT2D eigenvalue weighted by Crippen LogP contribution is 2.20. The summed E-state index contributed by atoms with van der Waals surface area (Å²) < 4.78 is 8.12. The summed E-state index contributed by atoms with van der Waals surface area (Å²) in [6.45, 7) is 3.65. The molecular weight excluding hydrogens is 296 g/mol. The number of nitrogens with one attached hydrogen (secondary N) is 1. The van der Waals surface area contributed by atoms with Crippen LogP contribution in [0.4, 0.5) is 5.69 Å². The molecule has 1 amide bonds. The molecule has 0 spiro atoms. The van der Waals surface area contributed by atoms with Crippen LogP contribution >= 0.6 is 11.7 Å². The molecule has 1 aromatic carbocycles. The molecule has 0 aliphatic carbocycles. The summed E-state index contributed by atoms with van der Waals surface area (Å²) in [6.07, 6.45) is 5.19. The summed E-state index contributed by atoms with van der Waals surface area (Å²) in [5.41, 5.74) is 2.66. The van der Waals surface area contributed by atoms with Gasteiger partial charge in [-0.25, -0.2) is 0 Å². The van der Waals surface area contributed by atoms with E-state index >= 15 is 0 Å². The number of hydrogen-bond acceptors (Lipinski definition) is 5. The first kappa shape index (κ1) is 15.0. The standard InChI is InChI=1S/C16H20N4OS/c1-12-4-2-3-9-20(12)16(21)13-5-7-14(8-6-13)17-10-15-11-18-22-19-15/h5-8,11-12,17H,2-4,9-10H2,1H3. The quantitative estimate of drug-likeness (QED) is 0.941. The molecule has 1 saturated heterocycles. The molecule has 0 bridgehead atoms. The molecular formula is C16H20N4OS. The van der Waals surface area contributed by atoms with Crippen LogP contribution in [0.25, 0.3) is 0 Å². The molecule has 1 aliphatic heterocycles. The molecule has 0 radical (unpaired) electrons. The number of carbonyl (C=O) groups excluding carboxylic acids is 1. The lowest BCUT2D eigenvalue weighted by atomic mass is 10.0. The number of amides is 1. The van der Waals surface area contributed by atoms with Crippen LogP contribution in [0.1, 0.15) is 42.2 Å². The van der Waals surface area contributed by atoms with Crippen molar-refractivity contribution in [3.05, 3.63) is 41.7 Å². The highest BCUT2D eigenvalue weighted by molar-refractivity contribution is 6.99. The topological polar surface area (TPSA) is 58.1 Å². The van der Waals surface area contributed by atoms with E-state index in [1.807, 2.05) is 29.2 Å². The van der Waals surface area contributed by atoms with Gasteiger partial charge in [-0.3, -0.25) is 4.79 Å². The predicted octanol–water partition coefficient (Wildman–Crippen LogP) is 3.16. The lowest BCUT2D eigenvalue weighted by Crippen LogP contribution is -2.41. The molecule has 1 aliphatic rings. The molecule has 3 rings (SSSR count). The summed E-state index contributed by atoms with van der Waals surface area (Å²) in [4.78, 5) is 14.5. The third-order valence-electron chi connectivity index (χ3n) is 4.08. The van der Waals surface area contributed by atoms with Crippen molar-refractivity contribution in [2.75, 3.05) is 11.9 Å². The van der Waals surface area contributed by atoms with Crippen molar-refractivity contribution < 1.29 is 4.79 Å². The highest BCUT2D eigenvalue weighted by Gasteiger charge is 2.23. The first-order chi connectivity index (χ1) is 10.7. The second kappa shape index (κ2) is 6.87. The maximum Gasteiger partial charge on any atom is 0.254 e. The lowest BCUT2D eigenvalue weighted by Gasteiger charge is -2.33. The van der Waals surface area contributed by atoms with Crippen molar-refractivity contribution in [1.82, 2.24) is 13.6 Å². The van der Waals surface area contributed by atoms with Gasteiger partial charge in [0.15, 0.2) is 0 Å². The molecule has 1 unspecified atom stereocenters. The van der Waals surface area contributed by atoms with E-state index in [-0.39, 0.29) is 5.91 Å². The van der Waals surface area contributed by atoms with Gasteiger partial charge in [0.2, 0.25) is 0 Å². The molecule has 6 heteroatoms. The minimum absolute atomic E-state index is 0.141. The Hall–Kier alpha value is -1.95. The maximum atomic E-state index is 12.6. The third-order valence-corrected chi connectivity index (χ3v) is 4.59. The van der Waals surface area contributed by atoms with Gasteiger partial charge in [0.05, 0.1) is 30.2 Å². The molecule has 5 nitrogen and oxygen atoms in total. The van der Waals surface area contributed by atoms with E-state index in [4.69, 9.17) is 0 Å². The molecule has 1 fully saturated rings. The van der Waals surface area contributed by atoms with Crippen molar-refractivity contribution in [3.63, 3.8) is 0 Å². The smallest absolute Gasteiger partial charge is 0.254 e. The Bertz CT molecular complexity index is 612. The molecule has 1 atom stereocenters. The molecule has 1 aromatic heterocycles. The average Bonchev–Trinajstić information content (AvgIpc) is 3.07. The zero-order valence-electron chi connectivity index (χ0n) is 12.7. The van der Waals surface area contributed by atoms with E-state index in [1.165, 1.54) is 18.1 Å². The number of hydrogen-bond donors (Lipinski definition) is 1. The van der Waals surface area contributed by atoms with Gasteiger partial charge < -0.3 is 10.2 Å². The number of rotatable bonds is 4. The molecule has 1 N–H and O–H groups in total. The van der Waals surface area contributed by atoms with Gasteiger partial charge >= 0.3 is 0 Å². The monoisotopic (exact) mass is 316 g/mol. The van der Waals surface area contributed by atoms with Crippen molar-refractivity contribution >= 4 is 23.3 Å². The van der Waals surface area contributed by atoms with Crippen LogP contribution in [0, 0.1) is 0 Å². The average molecular weight is 316 g/mol. The molecule has 116 valence electrons. The summed E-state index contributed by atoms with van der Waals surface area (Å²) in [6, 6.07) is 8.02. The Morgan fingerprint density at radius 2 is 2.18 bits per heavy atom. The number of carbonyl (C=O) groups is 1. The number of nitrogens with zero attached hydrogens (tertiary/aromatic N) is 3. The number of aromatic nitrogens is 2. The van der Waals surface area contributed by atoms with E-state index in [9.17, 15) is 4.79 Å². The number of piperidine rings is 1. The zero-order chi connectivity index (χ0) is 15.4. The normalized spacial score (nSPS) is 18.2. The van der Waals surface area contributed by atoms with E-state index in [2.05, 4.69) is 21.0 Å². The Morgan fingerprint density at radius 3 is 2.86 bits per heavy atom. The SMILES string of the molecule is CC1CCCCN1C(=O)c1ccc(NCc2cnsn2)cc1. The van der Waals surface area contributed by atoms with Gasteiger partial charge in [-0.15, -0.1) is 0 Å². The fraction of sp³-hybridized carbons (Fsp3) is 0.438. The Morgan fingerprint density at radius 1 is 1.36 bits per heavy atom. The van der Waals surface area contributed by atoms with E-state index < -0.39 is 0 Å². The summed E-state index contributed by atoms with van der Waals surface area (Å²) in [7, 11) is 0. The van der Waals surface area contributed by atoms with Gasteiger partial charge in [-0.2, -0.15) is 8.75 Å². The van der Waals surface area contributed by atoms with Gasteiger partial charge in [-0.1, -0.05) is 0 Å². The molecule has 0 saturated carbocycles. The number of benzene rings is 1. The van der Waals surface area contributed by atoms with Crippen LogP contribution in [0.15, 0.2) is 30.5 Å². The Labute approximate surface area is 134 Å². The van der Waals surface area contributed by atoms with Crippen molar-refractivity contribution in [2.45, 2.75) is 38.8 Å². The second-order valence-corrected chi connectivity index (χ2v) is 6.23. The Balaban J connectivity index is 1.62. The number of anilines is 1. The Kier molecular flexibility index (Phi) is 4.68.